The second-order valence-electron chi connectivity index (χ2n) is 1.62. The zero-order chi connectivity index (χ0) is 5.11. The molecule has 0 spiro atoms. The maximum absolute atomic E-state index is 9.74. The molecule has 0 aromatic rings. The molecule has 0 N–H and O–H groups in total. The van der Waals surface area contributed by atoms with E-state index in [4.69, 9.17) is 0 Å². The van der Waals surface area contributed by atoms with E-state index in [0.29, 0.717) is 0 Å². The molecule has 0 aliphatic carbocycles. The molecule has 0 saturated carbocycles. The highest BCUT2D eigenvalue weighted by Crippen LogP contribution is 2.19. The van der Waals surface area contributed by atoms with Gasteiger partial charge in [-0.05, 0) is 12.2 Å². The highest BCUT2D eigenvalue weighted by Gasteiger charge is 2.14. The molecule has 0 radical (unpaired) electrons. The number of nitrogens with zero attached hydrogens (tertiary/aromatic N) is 1. The zero-order valence-electron chi connectivity index (χ0n) is 3.96. The van der Waals surface area contributed by atoms with E-state index in [-0.39, 0.29) is 6.04 Å². The average Bonchev–Trinajstić information content (AvgIpc) is 2.14. The largest absolute Gasteiger partial charge is 0.160 e. The molecule has 1 heterocycles. The van der Waals surface area contributed by atoms with E-state index >= 15 is 0 Å². The molecule has 0 amide bonds. The smallest absolute Gasteiger partial charge is 0.102 e. The molecule has 0 aromatic carbocycles. The van der Waals surface area contributed by atoms with Crippen LogP contribution in [-0.2, 0) is 0 Å². The number of hydrogen-bond donors (Lipinski definition) is 0. The van der Waals surface area contributed by atoms with Crippen LogP contribution >= 0.6 is 11.8 Å². The van der Waals surface area contributed by atoms with Gasteiger partial charge in [-0.15, -0.1) is 0 Å². The molecule has 1 saturated heterocycles. The third kappa shape index (κ3) is 1.16. The molecule has 1 aliphatic rings. The maximum Gasteiger partial charge on any atom is 0.102 e. The minimum atomic E-state index is 0.130. The fourth-order valence-electron chi connectivity index (χ4n) is 0.605. The van der Waals surface area contributed by atoms with E-state index in [9.17, 15) is 4.91 Å². The van der Waals surface area contributed by atoms with Crippen molar-refractivity contribution < 1.29 is 0 Å². The average molecular weight is 117 g/mol. The van der Waals surface area contributed by atoms with Gasteiger partial charge in [0.05, 0.1) is 0 Å². The van der Waals surface area contributed by atoms with Crippen molar-refractivity contribution in [2.24, 2.45) is 5.18 Å². The Morgan fingerprint density at radius 2 is 2.57 bits per heavy atom. The van der Waals surface area contributed by atoms with Gasteiger partial charge in [0.25, 0.3) is 0 Å². The lowest BCUT2D eigenvalue weighted by molar-refractivity contribution is 0.755. The van der Waals surface area contributed by atoms with E-state index in [1.54, 1.807) is 0 Å². The molecule has 0 aromatic heterocycles. The molecule has 1 rings (SSSR count). The zero-order valence-corrected chi connectivity index (χ0v) is 4.78. The quantitative estimate of drug-likeness (QED) is 0.484. The summed E-state index contributed by atoms with van der Waals surface area (Å²) in [5.74, 6) is 2.07. The van der Waals surface area contributed by atoms with E-state index in [2.05, 4.69) is 5.18 Å². The van der Waals surface area contributed by atoms with Crippen LogP contribution in [0.3, 0.4) is 0 Å². The molecule has 1 atom stereocenters. The summed E-state index contributed by atoms with van der Waals surface area (Å²) in [6.07, 6.45) is 0.994. The summed E-state index contributed by atoms with van der Waals surface area (Å²) < 4.78 is 0. The SMILES string of the molecule is O=NC1CCSC1. The van der Waals surface area contributed by atoms with Gasteiger partial charge in [-0.2, -0.15) is 16.7 Å². The van der Waals surface area contributed by atoms with Crippen LogP contribution in [-0.4, -0.2) is 17.5 Å². The molecule has 1 aliphatic heterocycles. The normalized spacial score (nSPS) is 30.6. The number of rotatable bonds is 1. The molecule has 3 heteroatoms. The van der Waals surface area contributed by atoms with Crippen LogP contribution in [0.15, 0.2) is 5.18 Å². The standard InChI is InChI=1S/C4H7NOS/c6-5-4-1-2-7-3-4/h4H,1-3H2. The Bertz CT molecular complexity index is 70.1. The van der Waals surface area contributed by atoms with Crippen molar-refractivity contribution in [3.63, 3.8) is 0 Å². The summed E-state index contributed by atoms with van der Waals surface area (Å²) in [7, 11) is 0. The summed E-state index contributed by atoms with van der Waals surface area (Å²) >= 11 is 1.81. The lowest BCUT2D eigenvalue weighted by Crippen LogP contribution is -1.97. The third-order valence-electron chi connectivity index (χ3n) is 1.05. The molecule has 40 valence electrons. The van der Waals surface area contributed by atoms with Gasteiger partial charge >= 0.3 is 0 Å². The summed E-state index contributed by atoms with van der Waals surface area (Å²) in [6, 6.07) is 0.130. The molecule has 0 bridgehead atoms. The second-order valence-corrected chi connectivity index (χ2v) is 2.77. The maximum atomic E-state index is 9.74. The van der Waals surface area contributed by atoms with Gasteiger partial charge in [-0.1, -0.05) is 5.18 Å². The van der Waals surface area contributed by atoms with Crippen molar-refractivity contribution in [2.45, 2.75) is 12.5 Å². The van der Waals surface area contributed by atoms with Gasteiger partial charge in [-0.3, -0.25) is 0 Å². The molecular weight excluding hydrogens is 110 g/mol. The van der Waals surface area contributed by atoms with Gasteiger partial charge in [0.15, 0.2) is 0 Å². The lowest BCUT2D eigenvalue weighted by atomic mass is 10.3. The summed E-state index contributed by atoms with van der Waals surface area (Å²) in [5, 5.41) is 2.92. The Kier molecular flexibility index (Phi) is 1.68. The Balaban J connectivity index is 2.26. The fourth-order valence-corrected chi connectivity index (χ4v) is 1.71. The summed E-state index contributed by atoms with van der Waals surface area (Å²) in [6.45, 7) is 0. The fraction of sp³-hybridized carbons (Fsp3) is 1.00. The summed E-state index contributed by atoms with van der Waals surface area (Å²) in [5.41, 5.74) is 0. The van der Waals surface area contributed by atoms with Crippen LogP contribution in [0.25, 0.3) is 0 Å². The van der Waals surface area contributed by atoms with Crippen molar-refractivity contribution in [3.05, 3.63) is 4.91 Å². The van der Waals surface area contributed by atoms with Crippen molar-refractivity contribution in [3.8, 4) is 0 Å². The van der Waals surface area contributed by atoms with Crippen LogP contribution in [0.5, 0.6) is 0 Å². The predicted octanol–water partition coefficient (Wildman–Crippen LogP) is 1.26. The van der Waals surface area contributed by atoms with Crippen LogP contribution in [0.2, 0.25) is 0 Å². The minimum Gasteiger partial charge on any atom is -0.160 e. The predicted molar refractivity (Wildman–Crippen MR) is 31.5 cm³/mol. The monoisotopic (exact) mass is 117 g/mol. The van der Waals surface area contributed by atoms with E-state index in [0.717, 1.165) is 17.9 Å². The first kappa shape index (κ1) is 5.09. The van der Waals surface area contributed by atoms with Gasteiger partial charge < -0.3 is 0 Å². The Hall–Kier alpha value is -0.0500. The van der Waals surface area contributed by atoms with E-state index in [1.165, 1.54) is 0 Å². The third-order valence-corrected chi connectivity index (χ3v) is 2.20. The minimum absolute atomic E-state index is 0.130. The Labute approximate surface area is 46.6 Å². The van der Waals surface area contributed by atoms with E-state index < -0.39 is 0 Å². The van der Waals surface area contributed by atoms with Gasteiger partial charge in [0.1, 0.15) is 6.04 Å². The number of thioether (sulfide) groups is 1. The summed E-state index contributed by atoms with van der Waals surface area (Å²) in [4.78, 5) is 9.74. The molecule has 7 heavy (non-hydrogen) atoms. The molecule has 1 fully saturated rings. The Morgan fingerprint density at radius 3 is 2.86 bits per heavy atom. The van der Waals surface area contributed by atoms with Crippen molar-refractivity contribution in [2.75, 3.05) is 11.5 Å². The first-order valence-electron chi connectivity index (χ1n) is 2.33. The number of hydrogen-bond acceptors (Lipinski definition) is 3. The molecule has 2 nitrogen and oxygen atoms in total. The van der Waals surface area contributed by atoms with Crippen molar-refractivity contribution >= 4 is 11.8 Å². The van der Waals surface area contributed by atoms with Crippen molar-refractivity contribution in [1.29, 1.82) is 0 Å². The van der Waals surface area contributed by atoms with Crippen LogP contribution in [0.4, 0.5) is 0 Å². The number of nitroso groups, excluding NO2 is 1. The topological polar surface area (TPSA) is 29.4 Å². The second kappa shape index (κ2) is 2.31. The van der Waals surface area contributed by atoms with Crippen LogP contribution in [0, 0.1) is 4.91 Å². The van der Waals surface area contributed by atoms with Gasteiger partial charge in [0, 0.05) is 5.75 Å². The molecular formula is C4H7NOS. The van der Waals surface area contributed by atoms with Crippen LogP contribution in [0.1, 0.15) is 6.42 Å². The Morgan fingerprint density at radius 1 is 1.71 bits per heavy atom. The first-order valence-corrected chi connectivity index (χ1v) is 3.49. The van der Waals surface area contributed by atoms with E-state index in [1.807, 2.05) is 11.8 Å². The molecule has 1 unspecified atom stereocenters. The van der Waals surface area contributed by atoms with Gasteiger partial charge in [0.2, 0.25) is 0 Å². The van der Waals surface area contributed by atoms with Crippen LogP contribution < -0.4 is 0 Å². The van der Waals surface area contributed by atoms with Crippen molar-refractivity contribution in [1.82, 2.24) is 0 Å². The first-order chi connectivity index (χ1) is 3.43. The highest BCUT2D eigenvalue weighted by atomic mass is 32.2. The highest BCUT2D eigenvalue weighted by molar-refractivity contribution is 7.99. The van der Waals surface area contributed by atoms with Gasteiger partial charge in [-0.25, -0.2) is 0 Å². The lowest BCUT2D eigenvalue weighted by Gasteiger charge is -1.87.